The van der Waals surface area contributed by atoms with Gasteiger partial charge < -0.3 is 14.8 Å². The number of carbonyl (C=O) groups is 1. The van der Waals surface area contributed by atoms with Gasteiger partial charge in [-0.15, -0.1) is 0 Å². The Kier molecular flexibility index (Phi) is 4.71. The van der Waals surface area contributed by atoms with Crippen molar-refractivity contribution in [3.63, 3.8) is 0 Å². The Bertz CT molecular complexity index is 435. The summed E-state index contributed by atoms with van der Waals surface area (Å²) in [4.78, 5) is 10.9. The summed E-state index contributed by atoms with van der Waals surface area (Å²) in [5.41, 5.74) is 1.74. The van der Waals surface area contributed by atoms with Crippen molar-refractivity contribution in [1.29, 1.82) is 0 Å². The average Bonchev–Trinajstić information content (AvgIpc) is 2.29. The SMILES string of the molecule is COC(=O)NC(=S)Nc1cc(C)ccc1OC. The fraction of sp³-hybridized carbons (Fsp3) is 0.273. The lowest BCUT2D eigenvalue weighted by atomic mass is 10.2. The number of nitrogens with one attached hydrogen (secondary N) is 2. The van der Waals surface area contributed by atoms with Crippen LogP contribution in [0, 0.1) is 6.92 Å². The van der Waals surface area contributed by atoms with Gasteiger partial charge in [0.25, 0.3) is 0 Å². The Morgan fingerprint density at radius 3 is 2.65 bits per heavy atom. The molecule has 0 unspecified atom stereocenters. The van der Waals surface area contributed by atoms with Gasteiger partial charge in [0.1, 0.15) is 5.75 Å². The topological polar surface area (TPSA) is 59.6 Å². The maximum atomic E-state index is 10.9. The van der Waals surface area contributed by atoms with Crippen LogP contribution in [0.25, 0.3) is 0 Å². The van der Waals surface area contributed by atoms with Crippen molar-refractivity contribution < 1.29 is 14.3 Å². The number of carbonyl (C=O) groups excluding carboxylic acids is 1. The van der Waals surface area contributed by atoms with Crippen molar-refractivity contribution in [3.8, 4) is 5.75 Å². The normalized spacial score (nSPS) is 9.35. The van der Waals surface area contributed by atoms with Crippen molar-refractivity contribution in [1.82, 2.24) is 5.32 Å². The Hall–Kier alpha value is -1.82. The summed E-state index contributed by atoms with van der Waals surface area (Å²) in [7, 11) is 2.83. The van der Waals surface area contributed by atoms with Gasteiger partial charge in [0.05, 0.1) is 19.9 Å². The third kappa shape index (κ3) is 3.92. The third-order valence-electron chi connectivity index (χ3n) is 2.00. The van der Waals surface area contributed by atoms with E-state index >= 15 is 0 Å². The Balaban J connectivity index is 2.76. The van der Waals surface area contributed by atoms with Crippen LogP contribution in [-0.4, -0.2) is 25.4 Å². The summed E-state index contributed by atoms with van der Waals surface area (Å²) in [6.07, 6.45) is -0.617. The van der Waals surface area contributed by atoms with Crippen molar-refractivity contribution in [2.24, 2.45) is 0 Å². The van der Waals surface area contributed by atoms with Crippen LogP contribution < -0.4 is 15.4 Å². The first kappa shape index (κ1) is 13.2. The minimum atomic E-state index is -0.617. The molecule has 0 saturated heterocycles. The van der Waals surface area contributed by atoms with Crippen LogP contribution in [0.15, 0.2) is 18.2 Å². The molecule has 0 aromatic heterocycles. The van der Waals surface area contributed by atoms with Crippen molar-refractivity contribution in [3.05, 3.63) is 23.8 Å². The molecule has 5 nitrogen and oxygen atoms in total. The first-order chi connectivity index (χ1) is 8.06. The van der Waals surface area contributed by atoms with Crippen LogP contribution >= 0.6 is 12.2 Å². The number of amides is 1. The van der Waals surface area contributed by atoms with Crippen LogP contribution in [0.3, 0.4) is 0 Å². The van der Waals surface area contributed by atoms with Crippen LogP contribution in [0.4, 0.5) is 10.5 Å². The van der Waals surface area contributed by atoms with Crippen LogP contribution in [0.5, 0.6) is 5.75 Å². The predicted molar refractivity (Wildman–Crippen MR) is 69.5 cm³/mol. The molecule has 0 spiro atoms. The molecule has 6 heteroatoms. The first-order valence-electron chi connectivity index (χ1n) is 4.87. The second-order valence-corrected chi connectivity index (χ2v) is 3.68. The summed E-state index contributed by atoms with van der Waals surface area (Å²) in [5.74, 6) is 0.643. The van der Waals surface area contributed by atoms with E-state index in [9.17, 15) is 4.79 Å². The van der Waals surface area contributed by atoms with Gasteiger partial charge in [0.15, 0.2) is 5.11 Å². The number of aryl methyl sites for hydroxylation is 1. The summed E-state index contributed by atoms with van der Waals surface area (Å²) >= 11 is 4.95. The number of rotatable bonds is 2. The molecule has 0 bridgehead atoms. The van der Waals surface area contributed by atoms with E-state index in [0.29, 0.717) is 11.4 Å². The summed E-state index contributed by atoms with van der Waals surface area (Å²) in [5, 5.41) is 5.37. The lowest BCUT2D eigenvalue weighted by Gasteiger charge is -2.12. The average molecular weight is 254 g/mol. The van der Waals surface area contributed by atoms with Crippen LogP contribution in [0.1, 0.15) is 5.56 Å². The van der Waals surface area contributed by atoms with E-state index in [2.05, 4.69) is 15.4 Å². The third-order valence-corrected chi connectivity index (χ3v) is 2.21. The lowest BCUT2D eigenvalue weighted by molar-refractivity contribution is 0.177. The van der Waals surface area contributed by atoms with Crippen LogP contribution in [0.2, 0.25) is 0 Å². The molecule has 0 saturated carbocycles. The fourth-order valence-corrected chi connectivity index (χ4v) is 1.41. The second-order valence-electron chi connectivity index (χ2n) is 3.27. The molecular weight excluding hydrogens is 240 g/mol. The molecule has 1 aromatic carbocycles. The van der Waals surface area contributed by atoms with Crippen molar-refractivity contribution >= 4 is 29.1 Å². The monoisotopic (exact) mass is 254 g/mol. The molecular formula is C11H14N2O3S. The molecule has 0 atom stereocenters. The quantitative estimate of drug-likeness (QED) is 0.791. The van der Waals surface area contributed by atoms with Crippen molar-refractivity contribution in [2.75, 3.05) is 19.5 Å². The highest BCUT2D eigenvalue weighted by molar-refractivity contribution is 7.80. The molecule has 0 aliphatic heterocycles. The van der Waals surface area contributed by atoms with E-state index in [4.69, 9.17) is 17.0 Å². The maximum absolute atomic E-state index is 10.9. The van der Waals surface area contributed by atoms with Gasteiger partial charge in [-0.2, -0.15) is 0 Å². The molecule has 1 rings (SSSR count). The minimum Gasteiger partial charge on any atom is -0.495 e. The number of hydrogen-bond acceptors (Lipinski definition) is 4. The Morgan fingerprint density at radius 2 is 2.06 bits per heavy atom. The van der Waals surface area contributed by atoms with Gasteiger partial charge in [-0.25, -0.2) is 4.79 Å². The lowest BCUT2D eigenvalue weighted by Crippen LogP contribution is -2.34. The number of benzene rings is 1. The Labute approximate surface area is 105 Å². The summed E-state index contributed by atoms with van der Waals surface area (Å²) < 4.78 is 9.60. The Morgan fingerprint density at radius 1 is 1.35 bits per heavy atom. The molecule has 0 radical (unpaired) electrons. The number of thiocarbonyl (C=S) groups is 1. The van der Waals surface area contributed by atoms with Gasteiger partial charge in [0, 0.05) is 0 Å². The predicted octanol–water partition coefficient (Wildman–Crippen LogP) is 2.06. The molecule has 0 heterocycles. The smallest absolute Gasteiger partial charge is 0.413 e. The molecule has 1 amide bonds. The minimum absolute atomic E-state index is 0.153. The van der Waals surface area contributed by atoms with E-state index in [0.717, 1.165) is 5.56 Å². The standard InChI is InChI=1S/C11H14N2O3S/c1-7-4-5-9(15-2)8(6-7)12-10(17)13-11(14)16-3/h4-6H,1-3H3,(H2,12,13,14,17). The summed E-state index contributed by atoms with van der Waals surface area (Å²) in [6.45, 7) is 1.95. The number of ether oxygens (including phenoxy) is 2. The van der Waals surface area contributed by atoms with Gasteiger partial charge in [-0.1, -0.05) is 6.07 Å². The maximum Gasteiger partial charge on any atom is 0.413 e. The van der Waals surface area contributed by atoms with E-state index in [1.54, 1.807) is 7.11 Å². The molecule has 0 aliphatic rings. The van der Waals surface area contributed by atoms with E-state index in [1.165, 1.54) is 7.11 Å². The largest absolute Gasteiger partial charge is 0.495 e. The van der Waals surface area contributed by atoms with E-state index in [-0.39, 0.29) is 5.11 Å². The van der Waals surface area contributed by atoms with Crippen LogP contribution in [-0.2, 0) is 4.74 Å². The molecule has 1 aromatic rings. The molecule has 0 aliphatic carbocycles. The molecule has 0 fully saturated rings. The second kappa shape index (κ2) is 6.05. The number of methoxy groups -OCH3 is 2. The highest BCUT2D eigenvalue weighted by Crippen LogP contribution is 2.24. The molecule has 17 heavy (non-hydrogen) atoms. The first-order valence-corrected chi connectivity index (χ1v) is 5.28. The number of hydrogen-bond donors (Lipinski definition) is 2. The fourth-order valence-electron chi connectivity index (χ4n) is 1.22. The van der Waals surface area contributed by atoms with Gasteiger partial charge in [-0.05, 0) is 36.8 Å². The van der Waals surface area contributed by atoms with E-state index < -0.39 is 6.09 Å². The zero-order valence-electron chi connectivity index (χ0n) is 9.87. The molecule has 92 valence electrons. The summed E-state index contributed by atoms with van der Waals surface area (Å²) in [6, 6.07) is 5.60. The highest BCUT2D eigenvalue weighted by atomic mass is 32.1. The van der Waals surface area contributed by atoms with E-state index in [1.807, 2.05) is 25.1 Å². The van der Waals surface area contributed by atoms with Crippen molar-refractivity contribution in [2.45, 2.75) is 6.92 Å². The zero-order valence-corrected chi connectivity index (χ0v) is 10.7. The van der Waals surface area contributed by atoms with Gasteiger partial charge in [0.2, 0.25) is 0 Å². The van der Waals surface area contributed by atoms with Gasteiger partial charge in [-0.3, -0.25) is 5.32 Å². The van der Waals surface area contributed by atoms with Gasteiger partial charge >= 0.3 is 6.09 Å². The molecule has 2 N–H and O–H groups in total. The highest BCUT2D eigenvalue weighted by Gasteiger charge is 2.07. The zero-order chi connectivity index (χ0) is 12.8. The number of alkyl carbamates (subject to hydrolysis) is 1. The number of anilines is 1.